The fourth-order valence-electron chi connectivity index (χ4n) is 3.88. The summed E-state index contributed by atoms with van der Waals surface area (Å²) in [6.45, 7) is 1.20. The molecule has 1 aliphatic heterocycles. The molecule has 2 N–H and O–H groups in total. The highest BCUT2D eigenvalue weighted by molar-refractivity contribution is 7.12. The van der Waals surface area contributed by atoms with Crippen molar-refractivity contribution in [1.82, 2.24) is 10.2 Å². The van der Waals surface area contributed by atoms with Crippen LogP contribution >= 0.6 is 11.3 Å². The second-order valence-electron chi connectivity index (χ2n) is 7.51. The van der Waals surface area contributed by atoms with Gasteiger partial charge in [-0.2, -0.15) is 0 Å². The van der Waals surface area contributed by atoms with Crippen LogP contribution in [0.25, 0.3) is 0 Å². The van der Waals surface area contributed by atoms with Crippen LogP contribution in [-0.2, 0) is 11.3 Å². The van der Waals surface area contributed by atoms with E-state index in [0.29, 0.717) is 29.4 Å². The number of nitrogens with one attached hydrogen (secondary N) is 1. The first-order chi connectivity index (χ1) is 13.5. The predicted molar refractivity (Wildman–Crippen MR) is 105 cm³/mol. The van der Waals surface area contributed by atoms with E-state index < -0.39 is 11.9 Å². The molecule has 4 rings (SSSR count). The maximum atomic E-state index is 12.8. The molecule has 7 heteroatoms. The molecular weight excluding hydrogens is 376 g/mol. The van der Waals surface area contributed by atoms with Crippen molar-refractivity contribution in [3.63, 3.8) is 0 Å². The molecule has 0 spiro atoms. The van der Waals surface area contributed by atoms with Crippen molar-refractivity contribution in [1.29, 1.82) is 0 Å². The lowest BCUT2D eigenvalue weighted by molar-refractivity contribution is -0.142. The maximum absolute atomic E-state index is 12.8. The Morgan fingerprint density at radius 3 is 2.46 bits per heavy atom. The van der Waals surface area contributed by atoms with Gasteiger partial charge in [0.05, 0.1) is 10.8 Å². The Morgan fingerprint density at radius 2 is 1.86 bits per heavy atom. The molecule has 2 aromatic rings. The zero-order chi connectivity index (χ0) is 19.7. The van der Waals surface area contributed by atoms with Gasteiger partial charge in [-0.3, -0.25) is 14.4 Å². The minimum Gasteiger partial charge on any atom is -0.481 e. The standard InChI is InChI=1S/C21H22N2O4S/c24-19(18-2-1-9-28-18)22-10-13-3-5-15(6-4-13)20(25)23-11-16(14-7-8-14)17(12-23)21(26)27/h1-6,9,14,16-17H,7-8,10-12H2,(H,22,24)(H,26,27)/t16-,17+/m1/s1. The van der Waals surface area contributed by atoms with Crippen LogP contribution in [-0.4, -0.2) is 40.9 Å². The van der Waals surface area contributed by atoms with Gasteiger partial charge in [-0.15, -0.1) is 11.3 Å². The van der Waals surface area contributed by atoms with E-state index in [4.69, 9.17) is 0 Å². The van der Waals surface area contributed by atoms with Crippen molar-refractivity contribution in [2.75, 3.05) is 13.1 Å². The number of likely N-dealkylation sites (tertiary alicyclic amines) is 1. The van der Waals surface area contributed by atoms with E-state index in [-0.39, 0.29) is 24.3 Å². The number of rotatable bonds is 6. The first kappa shape index (κ1) is 18.7. The molecule has 0 bridgehead atoms. The number of hydrogen-bond donors (Lipinski definition) is 2. The summed E-state index contributed by atoms with van der Waals surface area (Å²) >= 11 is 1.39. The summed E-state index contributed by atoms with van der Waals surface area (Å²) in [5.74, 6) is -0.963. The van der Waals surface area contributed by atoms with Crippen molar-refractivity contribution in [3.8, 4) is 0 Å². The number of nitrogens with zero attached hydrogens (tertiary/aromatic N) is 1. The zero-order valence-electron chi connectivity index (χ0n) is 15.3. The number of thiophene rings is 1. The average Bonchev–Trinajstić information content (AvgIpc) is 3.21. The number of amides is 2. The third-order valence-corrected chi connectivity index (χ3v) is 6.46. The van der Waals surface area contributed by atoms with Crippen molar-refractivity contribution in [2.45, 2.75) is 19.4 Å². The number of carbonyl (C=O) groups excluding carboxylic acids is 2. The quantitative estimate of drug-likeness (QED) is 0.783. The molecule has 1 saturated carbocycles. The predicted octanol–water partition coefficient (Wildman–Crippen LogP) is 2.86. The Balaban J connectivity index is 1.36. The van der Waals surface area contributed by atoms with E-state index in [0.717, 1.165) is 18.4 Å². The van der Waals surface area contributed by atoms with Gasteiger partial charge in [0.1, 0.15) is 0 Å². The molecule has 1 aliphatic carbocycles. The number of carboxylic acids is 1. The molecule has 2 fully saturated rings. The number of benzene rings is 1. The van der Waals surface area contributed by atoms with E-state index in [9.17, 15) is 19.5 Å². The fraction of sp³-hybridized carbons (Fsp3) is 0.381. The van der Waals surface area contributed by atoms with E-state index in [1.165, 1.54) is 11.3 Å². The summed E-state index contributed by atoms with van der Waals surface area (Å²) in [7, 11) is 0. The van der Waals surface area contributed by atoms with Crippen LogP contribution in [0.5, 0.6) is 0 Å². The minimum atomic E-state index is -0.802. The lowest BCUT2D eigenvalue weighted by atomic mass is 9.92. The average molecular weight is 398 g/mol. The Labute approximate surface area is 167 Å². The van der Waals surface area contributed by atoms with Crippen LogP contribution < -0.4 is 5.32 Å². The highest BCUT2D eigenvalue weighted by atomic mass is 32.1. The monoisotopic (exact) mass is 398 g/mol. The fourth-order valence-corrected chi connectivity index (χ4v) is 4.52. The number of aliphatic carboxylic acids is 1. The third-order valence-electron chi connectivity index (χ3n) is 5.60. The van der Waals surface area contributed by atoms with E-state index in [1.54, 1.807) is 23.1 Å². The van der Waals surface area contributed by atoms with E-state index in [1.807, 2.05) is 23.6 Å². The van der Waals surface area contributed by atoms with E-state index in [2.05, 4.69) is 5.32 Å². The largest absolute Gasteiger partial charge is 0.481 e. The van der Waals surface area contributed by atoms with Gasteiger partial charge in [0.25, 0.3) is 11.8 Å². The Bertz CT molecular complexity index is 874. The van der Waals surface area contributed by atoms with Crippen LogP contribution in [0, 0.1) is 17.8 Å². The molecule has 28 heavy (non-hydrogen) atoms. The van der Waals surface area contributed by atoms with E-state index >= 15 is 0 Å². The third kappa shape index (κ3) is 3.94. The van der Waals surface area contributed by atoms with Gasteiger partial charge in [-0.1, -0.05) is 18.2 Å². The zero-order valence-corrected chi connectivity index (χ0v) is 16.2. The second-order valence-corrected chi connectivity index (χ2v) is 8.46. The Morgan fingerprint density at radius 1 is 1.11 bits per heavy atom. The van der Waals surface area contributed by atoms with Crippen molar-refractivity contribution in [3.05, 3.63) is 57.8 Å². The molecule has 1 aromatic carbocycles. The topological polar surface area (TPSA) is 86.7 Å². The smallest absolute Gasteiger partial charge is 0.308 e. The van der Waals surface area contributed by atoms with Gasteiger partial charge in [0.15, 0.2) is 0 Å². The summed E-state index contributed by atoms with van der Waals surface area (Å²) in [6, 6.07) is 10.7. The summed E-state index contributed by atoms with van der Waals surface area (Å²) in [5.41, 5.74) is 1.45. The van der Waals surface area contributed by atoms with Crippen LogP contribution in [0.4, 0.5) is 0 Å². The van der Waals surface area contributed by atoms with Crippen molar-refractivity contribution in [2.24, 2.45) is 17.8 Å². The summed E-state index contributed by atoms with van der Waals surface area (Å²) in [6.07, 6.45) is 2.14. The molecule has 2 atom stereocenters. The van der Waals surface area contributed by atoms with Crippen molar-refractivity contribution >= 4 is 29.1 Å². The normalized spacial score (nSPS) is 21.5. The maximum Gasteiger partial charge on any atom is 0.308 e. The lowest BCUT2D eigenvalue weighted by Gasteiger charge is -2.16. The molecule has 146 valence electrons. The van der Waals surface area contributed by atoms with Crippen LogP contribution in [0.3, 0.4) is 0 Å². The minimum absolute atomic E-state index is 0.0770. The van der Waals surface area contributed by atoms with Gasteiger partial charge in [0, 0.05) is 25.2 Å². The van der Waals surface area contributed by atoms with Gasteiger partial charge in [-0.05, 0) is 53.8 Å². The van der Waals surface area contributed by atoms with Gasteiger partial charge >= 0.3 is 5.97 Å². The van der Waals surface area contributed by atoms with Crippen LogP contribution in [0.15, 0.2) is 41.8 Å². The SMILES string of the molecule is O=C(NCc1ccc(C(=O)N2C[C@H](C(=O)O)[C@@H](C3CC3)C2)cc1)c1cccs1. The summed E-state index contributed by atoms with van der Waals surface area (Å²) in [4.78, 5) is 38.7. The highest BCUT2D eigenvalue weighted by Gasteiger charge is 2.46. The molecule has 6 nitrogen and oxygen atoms in total. The molecule has 1 saturated heterocycles. The molecule has 0 radical (unpaired) electrons. The number of carboxylic acid groups (broad SMARTS) is 1. The van der Waals surface area contributed by atoms with Crippen LogP contribution in [0.2, 0.25) is 0 Å². The Hall–Kier alpha value is -2.67. The molecular formula is C21H22N2O4S. The molecule has 0 unspecified atom stereocenters. The first-order valence-corrected chi connectivity index (χ1v) is 10.3. The van der Waals surface area contributed by atoms with Gasteiger partial charge < -0.3 is 15.3 Å². The summed E-state index contributed by atoms with van der Waals surface area (Å²) < 4.78 is 0. The van der Waals surface area contributed by atoms with Crippen LogP contribution in [0.1, 0.15) is 38.4 Å². The van der Waals surface area contributed by atoms with Crippen molar-refractivity contribution < 1.29 is 19.5 Å². The number of carbonyl (C=O) groups is 3. The molecule has 2 aliphatic rings. The molecule has 2 amide bonds. The number of hydrogen-bond acceptors (Lipinski definition) is 4. The molecule has 2 heterocycles. The molecule has 1 aromatic heterocycles. The Kier molecular flexibility index (Phi) is 5.17. The lowest BCUT2D eigenvalue weighted by Crippen LogP contribution is -2.30. The first-order valence-electron chi connectivity index (χ1n) is 9.45. The second kappa shape index (κ2) is 7.75. The summed E-state index contributed by atoms with van der Waals surface area (Å²) in [5, 5.41) is 14.2. The highest BCUT2D eigenvalue weighted by Crippen LogP contribution is 2.44. The van der Waals surface area contributed by atoms with Gasteiger partial charge in [0.2, 0.25) is 0 Å². The van der Waals surface area contributed by atoms with Gasteiger partial charge in [-0.25, -0.2) is 0 Å².